The fraction of sp³-hybridized carbons (Fsp3) is 0.583. The highest BCUT2D eigenvalue weighted by Gasteiger charge is 2.39. The third-order valence-electron chi connectivity index (χ3n) is 3.17. The van der Waals surface area contributed by atoms with Crippen LogP contribution in [0.5, 0.6) is 0 Å². The highest BCUT2D eigenvalue weighted by Crippen LogP contribution is 2.30. The SMILES string of the molecule is CCOC(=O)C1CCCCN1S(=O)(=O)c1cc(N)cs1. The number of nitrogens with two attached hydrogens (primary N) is 1. The number of sulfonamides is 1. The number of anilines is 1. The maximum Gasteiger partial charge on any atom is 0.324 e. The molecule has 0 bridgehead atoms. The van der Waals surface area contributed by atoms with Gasteiger partial charge in [0.25, 0.3) is 10.0 Å². The van der Waals surface area contributed by atoms with E-state index in [2.05, 4.69) is 0 Å². The molecule has 0 aromatic carbocycles. The van der Waals surface area contributed by atoms with Gasteiger partial charge in [0.15, 0.2) is 0 Å². The van der Waals surface area contributed by atoms with Crippen molar-refractivity contribution in [1.29, 1.82) is 0 Å². The minimum atomic E-state index is -3.68. The first-order chi connectivity index (χ1) is 9.46. The molecule has 1 aromatic rings. The summed E-state index contributed by atoms with van der Waals surface area (Å²) in [6, 6.07) is 0.702. The molecule has 2 N–H and O–H groups in total. The molecule has 1 unspecified atom stereocenters. The van der Waals surface area contributed by atoms with Gasteiger partial charge < -0.3 is 10.5 Å². The van der Waals surface area contributed by atoms with Crippen molar-refractivity contribution < 1.29 is 17.9 Å². The van der Waals surface area contributed by atoms with Gasteiger partial charge in [-0.3, -0.25) is 4.79 Å². The average molecular weight is 318 g/mol. The van der Waals surface area contributed by atoms with Crippen LogP contribution in [0, 0.1) is 0 Å². The van der Waals surface area contributed by atoms with Gasteiger partial charge in [-0.1, -0.05) is 0 Å². The van der Waals surface area contributed by atoms with Gasteiger partial charge in [-0.15, -0.1) is 11.3 Å². The maximum absolute atomic E-state index is 12.6. The Morgan fingerprint density at radius 3 is 2.90 bits per heavy atom. The quantitative estimate of drug-likeness (QED) is 0.848. The number of nitrogens with zero attached hydrogens (tertiary/aromatic N) is 1. The van der Waals surface area contributed by atoms with Gasteiger partial charge in [-0.25, -0.2) is 8.42 Å². The Balaban J connectivity index is 2.29. The summed E-state index contributed by atoms with van der Waals surface area (Å²) in [6.45, 7) is 2.29. The topological polar surface area (TPSA) is 89.7 Å². The van der Waals surface area contributed by atoms with Crippen LogP contribution >= 0.6 is 11.3 Å². The summed E-state index contributed by atoms with van der Waals surface area (Å²) in [7, 11) is -3.68. The summed E-state index contributed by atoms with van der Waals surface area (Å²) in [6.07, 6.45) is 2.07. The lowest BCUT2D eigenvalue weighted by molar-refractivity contribution is -0.148. The molecule has 20 heavy (non-hydrogen) atoms. The van der Waals surface area contributed by atoms with E-state index in [1.165, 1.54) is 10.4 Å². The van der Waals surface area contributed by atoms with Crippen molar-refractivity contribution in [2.75, 3.05) is 18.9 Å². The molecule has 0 radical (unpaired) electrons. The van der Waals surface area contributed by atoms with E-state index in [1.807, 2.05) is 0 Å². The molecule has 2 rings (SSSR count). The van der Waals surface area contributed by atoms with E-state index in [4.69, 9.17) is 10.5 Å². The predicted molar refractivity (Wildman–Crippen MR) is 76.9 cm³/mol. The molecule has 6 nitrogen and oxygen atoms in total. The largest absolute Gasteiger partial charge is 0.465 e. The van der Waals surface area contributed by atoms with Crippen molar-refractivity contribution in [2.45, 2.75) is 36.4 Å². The van der Waals surface area contributed by atoms with Crippen LogP contribution in [-0.2, 0) is 19.6 Å². The number of carbonyl (C=O) groups excluding carboxylic acids is 1. The maximum atomic E-state index is 12.6. The molecule has 1 aromatic heterocycles. The van der Waals surface area contributed by atoms with Gasteiger partial charge in [-0.2, -0.15) is 4.31 Å². The van der Waals surface area contributed by atoms with Crippen LogP contribution in [0.25, 0.3) is 0 Å². The predicted octanol–water partition coefficient (Wildman–Crippen LogP) is 1.44. The second-order valence-electron chi connectivity index (χ2n) is 4.58. The van der Waals surface area contributed by atoms with Crippen molar-refractivity contribution in [3.63, 3.8) is 0 Å². The van der Waals surface area contributed by atoms with Crippen molar-refractivity contribution in [2.24, 2.45) is 0 Å². The van der Waals surface area contributed by atoms with Crippen LogP contribution in [0.3, 0.4) is 0 Å². The van der Waals surface area contributed by atoms with Gasteiger partial charge in [0.05, 0.1) is 6.61 Å². The molecule has 1 aliphatic rings. The van der Waals surface area contributed by atoms with E-state index in [1.54, 1.807) is 12.3 Å². The van der Waals surface area contributed by atoms with Crippen LogP contribution in [0.4, 0.5) is 5.69 Å². The molecule has 112 valence electrons. The Morgan fingerprint density at radius 2 is 2.30 bits per heavy atom. The molecule has 1 aliphatic heterocycles. The van der Waals surface area contributed by atoms with E-state index in [-0.39, 0.29) is 10.8 Å². The summed E-state index contributed by atoms with van der Waals surface area (Å²) >= 11 is 1.07. The zero-order chi connectivity index (χ0) is 14.8. The van der Waals surface area contributed by atoms with Crippen LogP contribution in [0.15, 0.2) is 15.7 Å². The van der Waals surface area contributed by atoms with E-state index >= 15 is 0 Å². The van der Waals surface area contributed by atoms with Crippen molar-refractivity contribution in [3.8, 4) is 0 Å². The number of carbonyl (C=O) groups is 1. The number of piperidine rings is 1. The normalized spacial score (nSPS) is 20.8. The highest BCUT2D eigenvalue weighted by atomic mass is 32.2. The van der Waals surface area contributed by atoms with E-state index in [0.29, 0.717) is 18.7 Å². The number of esters is 1. The van der Waals surface area contributed by atoms with E-state index in [9.17, 15) is 13.2 Å². The molecule has 2 heterocycles. The molecule has 0 amide bonds. The number of nitrogen functional groups attached to an aromatic ring is 1. The number of rotatable bonds is 4. The fourth-order valence-electron chi connectivity index (χ4n) is 2.25. The zero-order valence-corrected chi connectivity index (χ0v) is 12.9. The molecule has 0 spiro atoms. The summed E-state index contributed by atoms with van der Waals surface area (Å²) in [5.41, 5.74) is 6.00. The summed E-state index contributed by atoms with van der Waals surface area (Å²) < 4.78 is 31.6. The third-order valence-corrected chi connectivity index (χ3v) is 6.51. The minimum absolute atomic E-state index is 0.172. The van der Waals surface area contributed by atoms with Crippen LogP contribution in [0.2, 0.25) is 0 Å². The lowest BCUT2D eigenvalue weighted by Crippen LogP contribution is -2.48. The molecule has 0 saturated carbocycles. The second kappa shape index (κ2) is 6.11. The third kappa shape index (κ3) is 2.97. The Morgan fingerprint density at radius 1 is 1.55 bits per heavy atom. The summed E-state index contributed by atoms with van der Waals surface area (Å²) in [5, 5.41) is 1.58. The van der Waals surface area contributed by atoms with Crippen molar-refractivity contribution in [1.82, 2.24) is 4.31 Å². The Bertz CT molecular complexity index is 582. The standard InChI is InChI=1S/C12H18N2O4S2/c1-2-18-12(15)10-5-3-4-6-14(10)20(16,17)11-7-9(13)8-19-11/h7-8,10H,2-6,13H2,1H3. The summed E-state index contributed by atoms with van der Waals surface area (Å²) in [5.74, 6) is -0.472. The smallest absolute Gasteiger partial charge is 0.324 e. The minimum Gasteiger partial charge on any atom is -0.465 e. The van der Waals surface area contributed by atoms with E-state index in [0.717, 1.165) is 24.2 Å². The number of thiophene rings is 1. The first-order valence-electron chi connectivity index (χ1n) is 6.49. The van der Waals surface area contributed by atoms with Crippen LogP contribution in [-0.4, -0.2) is 37.9 Å². The lowest BCUT2D eigenvalue weighted by atomic mass is 10.1. The monoisotopic (exact) mass is 318 g/mol. The lowest BCUT2D eigenvalue weighted by Gasteiger charge is -2.32. The van der Waals surface area contributed by atoms with Crippen molar-refractivity contribution >= 4 is 33.0 Å². The van der Waals surface area contributed by atoms with E-state index < -0.39 is 22.0 Å². The van der Waals surface area contributed by atoms with Gasteiger partial charge in [0, 0.05) is 17.6 Å². The molecule has 8 heteroatoms. The van der Waals surface area contributed by atoms with Gasteiger partial charge in [-0.05, 0) is 32.3 Å². The van der Waals surface area contributed by atoms with Gasteiger partial charge in [0.1, 0.15) is 10.3 Å². The second-order valence-corrected chi connectivity index (χ2v) is 7.61. The summed E-state index contributed by atoms with van der Waals surface area (Å²) in [4.78, 5) is 11.9. The Labute approximate surface area is 122 Å². The van der Waals surface area contributed by atoms with Gasteiger partial charge in [0.2, 0.25) is 0 Å². The molecular formula is C12H18N2O4S2. The average Bonchev–Trinajstić information content (AvgIpc) is 2.86. The number of hydrogen-bond acceptors (Lipinski definition) is 6. The Hall–Kier alpha value is -1.12. The molecule has 1 atom stereocenters. The fourth-order valence-corrected chi connectivity index (χ4v) is 5.10. The molecule has 1 saturated heterocycles. The number of ether oxygens (including phenoxy) is 1. The van der Waals surface area contributed by atoms with Crippen LogP contribution < -0.4 is 5.73 Å². The first kappa shape index (κ1) is 15.3. The van der Waals surface area contributed by atoms with Gasteiger partial charge >= 0.3 is 5.97 Å². The van der Waals surface area contributed by atoms with Crippen LogP contribution in [0.1, 0.15) is 26.2 Å². The molecule has 0 aliphatic carbocycles. The number of hydrogen-bond donors (Lipinski definition) is 1. The van der Waals surface area contributed by atoms with Crippen molar-refractivity contribution in [3.05, 3.63) is 11.4 Å². The molecule has 1 fully saturated rings. The Kier molecular flexibility index (Phi) is 4.66. The first-order valence-corrected chi connectivity index (χ1v) is 8.81. The molecular weight excluding hydrogens is 300 g/mol. The zero-order valence-electron chi connectivity index (χ0n) is 11.2. The highest BCUT2D eigenvalue weighted by molar-refractivity contribution is 7.91.